The molecule has 1 heterocycles. The number of aliphatic hydroxyl groups excluding tert-OH is 1. The Morgan fingerprint density at radius 2 is 1.81 bits per heavy atom. The highest BCUT2D eigenvalue weighted by molar-refractivity contribution is 6.35. The molecule has 1 saturated carbocycles. The van der Waals surface area contributed by atoms with E-state index in [1.54, 1.807) is 0 Å². The van der Waals surface area contributed by atoms with Crippen LogP contribution in [0.1, 0.15) is 30.1 Å². The van der Waals surface area contributed by atoms with Crippen LogP contribution in [0.15, 0.2) is 30.6 Å². The van der Waals surface area contributed by atoms with E-state index < -0.39 is 12.7 Å². The molecule has 0 saturated heterocycles. The summed E-state index contributed by atoms with van der Waals surface area (Å²) < 4.78 is 36.0. The summed E-state index contributed by atoms with van der Waals surface area (Å²) in [5.74, 6) is 0.487. The molecule has 1 aliphatic carbocycles. The maximum atomic E-state index is 12.6. The van der Waals surface area contributed by atoms with Gasteiger partial charge in [-0.1, -0.05) is 29.3 Å². The minimum Gasteiger partial charge on any atom is -0.489 e. The van der Waals surface area contributed by atoms with Gasteiger partial charge in [-0.2, -0.15) is 8.78 Å². The van der Waals surface area contributed by atoms with Gasteiger partial charge in [0.2, 0.25) is 12.4 Å². The van der Waals surface area contributed by atoms with E-state index in [9.17, 15) is 19.1 Å². The molecule has 146 valence electrons. The fourth-order valence-electron chi connectivity index (χ4n) is 2.58. The zero-order valence-electron chi connectivity index (χ0n) is 14.1. The Morgan fingerprint density at radius 1 is 1.15 bits per heavy atom. The van der Waals surface area contributed by atoms with Gasteiger partial charge in [-0.05, 0) is 36.5 Å². The Hall–Kier alpha value is -1.83. The zero-order valence-corrected chi connectivity index (χ0v) is 15.6. The summed E-state index contributed by atoms with van der Waals surface area (Å²) in [6, 6.07) is 4.29. The molecule has 0 radical (unpaired) electrons. The lowest BCUT2D eigenvalue weighted by molar-refractivity contribution is -0.904. The molecule has 1 aromatic heterocycles. The molecule has 27 heavy (non-hydrogen) atoms. The number of alkyl halides is 2. The third-order valence-electron chi connectivity index (χ3n) is 4.21. The van der Waals surface area contributed by atoms with Crippen molar-refractivity contribution in [3.63, 3.8) is 0 Å². The van der Waals surface area contributed by atoms with Gasteiger partial charge in [0, 0.05) is 16.7 Å². The second-order valence-electron chi connectivity index (χ2n) is 6.37. The Kier molecular flexibility index (Phi) is 6.24. The number of nitrogens with zero attached hydrogens (tertiary/aromatic N) is 1. The molecule has 9 heteroatoms. The highest BCUT2D eigenvalue weighted by Gasteiger charge is 2.24. The summed E-state index contributed by atoms with van der Waals surface area (Å²) in [6.45, 7) is -2.57. The molecule has 1 atom stereocenters. The summed E-state index contributed by atoms with van der Waals surface area (Å²) in [7, 11) is 0. The third kappa shape index (κ3) is 5.34. The van der Waals surface area contributed by atoms with Gasteiger partial charge in [-0.25, -0.2) is 0 Å². The molecule has 0 spiro atoms. The number of ether oxygens (including phenoxy) is 2. The van der Waals surface area contributed by atoms with Gasteiger partial charge in [-0.15, -0.1) is 0 Å². The largest absolute Gasteiger partial charge is 0.489 e. The van der Waals surface area contributed by atoms with E-state index in [-0.39, 0.29) is 28.0 Å². The maximum Gasteiger partial charge on any atom is 0.387 e. The van der Waals surface area contributed by atoms with Crippen LogP contribution in [0.2, 0.25) is 10.0 Å². The standard InChI is InChI=1S/C18H18Cl2F2NO4/c19-13-7-23(25)8-14(20)12(13)6-15(24)11-3-4-16(27-18(21)22)17(5-11)26-9-10-1-2-10/h3-5,7-8,10,15,18,24-25H,1-2,6,9H2/q+1/t15-/m0/s1. The second-order valence-corrected chi connectivity index (χ2v) is 7.19. The van der Waals surface area contributed by atoms with Crippen LogP contribution in [0, 0.1) is 5.92 Å². The van der Waals surface area contributed by atoms with Crippen molar-refractivity contribution < 1.29 is 33.3 Å². The average molecular weight is 421 g/mol. The van der Waals surface area contributed by atoms with E-state index in [1.807, 2.05) is 0 Å². The molecule has 0 aliphatic heterocycles. The Bertz CT molecular complexity index is 795. The lowest BCUT2D eigenvalue weighted by Crippen LogP contribution is -2.29. The highest BCUT2D eigenvalue weighted by Crippen LogP contribution is 2.36. The smallest absolute Gasteiger partial charge is 0.387 e. The van der Waals surface area contributed by atoms with Crippen molar-refractivity contribution in [1.29, 1.82) is 0 Å². The highest BCUT2D eigenvalue weighted by atomic mass is 35.5. The van der Waals surface area contributed by atoms with Crippen LogP contribution in [0.3, 0.4) is 0 Å². The molecule has 2 aromatic rings. The number of hydrogen-bond donors (Lipinski definition) is 2. The molecule has 5 nitrogen and oxygen atoms in total. The Labute approximate surface area is 164 Å². The second kappa shape index (κ2) is 8.46. The van der Waals surface area contributed by atoms with Gasteiger partial charge in [0.05, 0.1) is 12.7 Å². The predicted molar refractivity (Wildman–Crippen MR) is 93.8 cm³/mol. The molecule has 2 N–H and O–H groups in total. The van der Waals surface area contributed by atoms with E-state index in [2.05, 4.69) is 4.74 Å². The lowest BCUT2D eigenvalue weighted by atomic mass is 10.0. The first-order valence-corrected chi connectivity index (χ1v) is 9.07. The van der Waals surface area contributed by atoms with E-state index in [0.717, 1.165) is 17.6 Å². The molecular formula is C18H18Cl2F2NO4+. The van der Waals surface area contributed by atoms with E-state index in [1.165, 1.54) is 30.6 Å². The summed E-state index contributed by atoms with van der Waals surface area (Å²) >= 11 is 12.1. The number of aromatic nitrogens is 1. The average Bonchev–Trinajstić information content (AvgIpc) is 3.40. The third-order valence-corrected chi connectivity index (χ3v) is 4.86. The zero-order chi connectivity index (χ0) is 19.6. The molecule has 1 aromatic carbocycles. The molecule has 1 aliphatic rings. The number of halogens is 4. The van der Waals surface area contributed by atoms with Crippen LogP contribution < -0.4 is 14.2 Å². The minimum atomic E-state index is -2.98. The first kappa shape index (κ1) is 19.9. The Morgan fingerprint density at radius 3 is 2.41 bits per heavy atom. The molecule has 3 rings (SSSR count). The first-order valence-electron chi connectivity index (χ1n) is 8.31. The van der Waals surface area contributed by atoms with Crippen molar-refractivity contribution in [2.45, 2.75) is 32.0 Å². The summed E-state index contributed by atoms with van der Waals surface area (Å²) in [4.78, 5) is 0. The molecule has 0 unspecified atom stereocenters. The van der Waals surface area contributed by atoms with Crippen LogP contribution in [-0.4, -0.2) is 23.5 Å². The molecular weight excluding hydrogens is 403 g/mol. The molecule has 1 fully saturated rings. The van der Waals surface area contributed by atoms with Crippen molar-refractivity contribution in [2.75, 3.05) is 6.61 Å². The van der Waals surface area contributed by atoms with Gasteiger partial charge >= 0.3 is 6.61 Å². The van der Waals surface area contributed by atoms with Crippen LogP contribution in [0.5, 0.6) is 11.5 Å². The number of aliphatic hydroxyl groups is 1. The van der Waals surface area contributed by atoms with Crippen LogP contribution in [0.4, 0.5) is 8.78 Å². The van der Waals surface area contributed by atoms with Crippen LogP contribution >= 0.6 is 23.2 Å². The quantitative estimate of drug-likeness (QED) is 0.496. The van der Waals surface area contributed by atoms with Crippen LogP contribution in [0.25, 0.3) is 0 Å². The van der Waals surface area contributed by atoms with Crippen molar-refractivity contribution in [3.8, 4) is 11.5 Å². The molecule has 0 bridgehead atoms. The first-order chi connectivity index (χ1) is 12.8. The summed E-state index contributed by atoms with van der Waals surface area (Å²) in [6.07, 6.45) is 3.64. The van der Waals surface area contributed by atoms with Gasteiger partial charge < -0.3 is 14.6 Å². The monoisotopic (exact) mass is 420 g/mol. The Balaban J connectivity index is 1.81. The molecule has 0 amide bonds. The fraction of sp³-hybridized carbons (Fsp3) is 0.389. The number of rotatable bonds is 8. The topological polar surface area (TPSA) is 62.8 Å². The number of pyridine rings is 1. The normalized spacial score (nSPS) is 15.0. The van der Waals surface area contributed by atoms with E-state index >= 15 is 0 Å². The van der Waals surface area contributed by atoms with Gasteiger partial charge in [-0.3, -0.25) is 5.21 Å². The number of benzene rings is 1. The van der Waals surface area contributed by atoms with Gasteiger partial charge in [0.25, 0.3) is 0 Å². The van der Waals surface area contributed by atoms with Crippen molar-refractivity contribution in [1.82, 2.24) is 0 Å². The minimum absolute atomic E-state index is 0.0651. The maximum absolute atomic E-state index is 12.6. The summed E-state index contributed by atoms with van der Waals surface area (Å²) in [5, 5.41) is 20.3. The summed E-state index contributed by atoms with van der Waals surface area (Å²) in [5.41, 5.74) is 0.889. The fourth-order valence-corrected chi connectivity index (χ4v) is 3.18. The number of hydrogen-bond acceptors (Lipinski definition) is 4. The predicted octanol–water partition coefficient (Wildman–Crippen LogP) is 4.18. The van der Waals surface area contributed by atoms with Gasteiger partial charge in [0.15, 0.2) is 11.5 Å². The van der Waals surface area contributed by atoms with Crippen molar-refractivity contribution in [3.05, 3.63) is 51.8 Å². The van der Waals surface area contributed by atoms with E-state index in [0.29, 0.717) is 23.7 Å². The van der Waals surface area contributed by atoms with Gasteiger partial charge in [0.1, 0.15) is 10.0 Å². The van der Waals surface area contributed by atoms with Crippen LogP contribution in [-0.2, 0) is 6.42 Å². The van der Waals surface area contributed by atoms with Crippen molar-refractivity contribution >= 4 is 23.2 Å². The lowest BCUT2D eigenvalue weighted by Gasteiger charge is -2.17. The van der Waals surface area contributed by atoms with Crippen molar-refractivity contribution in [2.24, 2.45) is 5.92 Å². The SMILES string of the molecule is O[C@@H](Cc1c(Cl)c[n+](O)cc1Cl)c1ccc(OC(F)F)c(OCC2CC2)c1. The van der Waals surface area contributed by atoms with E-state index in [4.69, 9.17) is 27.9 Å².